The molecule has 9 heteroatoms. The first-order valence-electron chi connectivity index (χ1n) is 11.4. The van der Waals surface area contributed by atoms with Crippen molar-refractivity contribution in [3.63, 3.8) is 0 Å². The lowest BCUT2D eigenvalue weighted by atomic mass is 9.80. The Balaban J connectivity index is 1.66. The smallest absolute Gasteiger partial charge is 0.254 e. The second kappa shape index (κ2) is 9.52. The lowest BCUT2D eigenvalue weighted by molar-refractivity contribution is -0.136. The molecule has 2 aliphatic rings. The number of nitrogens with zero attached hydrogens (tertiary/aromatic N) is 3. The van der Waals surface area contributed by atoms with Crippen molar-refractivity contribution >= 4 is 46.6 Å². The van der Waals surface area contributed by atoms with Crippen LogP contribution in [0.4, 0.5) is 5.69 Å². The number of amides is 3. The van der Waals surface area contributed by atoms with Crippen molar-refractivity contribution in [3.8, 4) is 6.07 Å². The maximum atomic E-state index is 13.9. The van der Waals surface area contributed by atoms with Gasteiger partial charge in [-0.15, -0.1) is 0 Å². The van der Waals surface area contributed by atoms with Crippen LogP contribution in [0.15, 0.2) is 42.5 Å². The summed E-state index contributed by atoms with van der Waals surface area (Å²) < 4.78 is 0. The van der Waals surface area contributed by atoms with Crippen LogP contribution < -0.4 is 5.32 Å². The molecule has 0 aromatic heterocycles. The minimum atomic E-state index is -0.985. The Hall–Kier alpha value is -3.08. The zero-order valence-electron chi connectivity index (χ0n) is 19.7. The number of benzene rings is 2. The van der Waals surface area contributed by atoms with E-state index in [0.29, 0.717) is 22.7 Å². The molecule has 0 radical (unpaired) electrons. The predicted molar refractivity (Wildman–Crippen MR) is 134 cm³/mol. The molecule has 2 aromatic carbocycles. The molecular weight excluding hydrogens is 487 g/mol. The molecule has 0 bridgehead atoms. The molecule has 7 nitrogen and oxygen atoms in total. The summed E-state index contributed by atoms with van der Waals surface area (Å²) >= 11 is 12.1. The summed E-state index contributed by atoms with van der Waals surface area (Å²) in [5.41, 5.74) is 0.819. The number of nitriles is 1. The van der Waals surface area contributed by atoms with E-state index < -0.39 is 17.5 Å². The largest absolute Gasteiger partial charge is 0.330 e. The van der Waals surface area contributed by atoms with Crippen molar-refractivity contribution in [2.75, 3.05) is 18.9 Å². The van der Waals surface area contributed by atoms with E-state index in [2.05, 4.69) is 11.4 Å². The summed E-state index contributed by atoms with van der Waals surface area (Å²) in [5, 5.41) is 13.4. The van der Waals surface area contributed by atoms with Gasteiger partial charge in [-0.25, -0.2) is 0 Å². The van der Waals surface area contributed by atoms with E-state index in [9.17, 15) is 19.6 Å². The van der Waals surface area contributed by atoms with E-state index in [1.54, 1.807) is 13.1 Å². The van der Waals surface area contributed by atoms with Crippen molar-refractivity contribution in [1.82, 2.24) is 9.80 Å². The van der Waals surface area contributed by atoms with Crippen LogP contribution >= 0.6 is 23.2 Å². The molecule has 182 valence electrons. The number of fused-ring (bicyclic) bond motifs is 2. The van der Waals surface area contributed by atoms with E-state index in [4.69, 9.17) is 23.2 Å². The van der Waals surface area contributed by atoms with Gasteiger partial charge in [0, 0.05) is 31.3 Å². The Morgan fingerprint density at radius 1 is 1.23 bits per heavy atom. The van der Waals surface area contributed by atoms with E-state index in [-0.39, 0.29) is 41.6 Å². The molecule has 4 rings (SSSR count). The first-order chi connectivity index (χ1) is 16.6. The van der Waals surface area contributed by atoms with Crippen LogP contribution in [0.3, 0.4) is 0 Å². The van der Waals surface area contributed by atoms with Gasteiger partial charge in [-0.05, 0) is 42.2 Å². The Kier molecular flexibility index (Phi) is 6.81. The van der Waals surface area contributed by atoms with Gasteiger partial charge in [0.05, 0.1) is 21.5 Å². The van der Waals surface area contributed by atoms with Gasteiger partial charge in [0.2, 0.25) is 11.8 Å². The number of likely N-dealkylation sites (tertiary alicyclic amines) is 1. The molecule has 3 atom stereocenters. The van der Waals surface area contributed by atoms with Gasteiger partial charge in [-0.1, -0.05) is 55.2 Å². The standard InChI is InChI=1S/C26H26Cl2N4O3/c1-15(2)10-22(31(3)23(33)16-8-9-19(27)20(28)11-16)24(34)32-14-26(12-17(32)13-29)18-6-4-5-7-21(18)30-25(26)35/h4-9,11,15,17,22H,10,12,14H2,1-3H3,(H,30,35)/t17-,22-,26-/m0/s1. The molecule has 1 saturated heterocycles. The van der Waals surface area contributed by atoms with Crippen LogP contribution in [0.2, 0.25) is 10.0 Å². The summed E-state index contributed by atoms with van der Waals surface area (Å²) in [5.74, 6) is -0.848. The maximum absolute atomic E-state index is 13.9. The highest BCUT2D eigenvalue weighted by atomic mass is 35.5. The molecule has 2 heterocycles. The summed E-state index contributed by atoms with van der Waals surface area (Å²) in [6.45, 7) is 4.01. The zero-order valence-corrected chi connectivity index (χ0v) is 21.2. The van der Waals surface area contributed by atoms with Gasteiger partial charge < -0.3 is 15.1 Å². The fourth-order valence-electron chi connectivity index (χ4n) is 5.02. The summed E-state index contributed by atoms with van der Waals surface area (Å²) in [6, 6.07) is 12.5. The summed E-state index contributed by atoms with van der Waals surface area (Å²) in [4.78, 5) is 43.1. The average molecular weight is 513 g/mol. The minimum absolute atomic E-state index is 0.0797. The highest BCUT2D eigenvalue weighted by Gasteiger charge is 2.56. The quantitative estimate of drug-likeness (QED) is 0.638. The minimum Gasteiger partial charge on any atom is -0.330 e. The van der Waals surface area contributed by atoms with Crippen molar-refractivity contribution in [1.29, 1.82) is 5.26 Å². The number of nitrogens with one attached hydrogen (secondary N) is 1. The Labute approximate surface area is 214 Å². The van der Waals surface area contributed by atoms with Crippen LogP contribution in [0, 0.1) is 17.2 Å². The van der Waals surface area contributed by atoms with E-state index in [1.165, 1.54) is 21.9 Å². The number of hydrogen-bond acceptors (Lipinski definition) is 4. The van der Waals surface area contributed by atoms with E-state index >= 15 is 0 Å². The molecule has 0 saturated carbocycles. The molecular formula is C26H26Cl2N4O3. The lowest BCUT2D eigenvalue weighted by Gasteiger charge is -2.33. The van der Waals surface area contributed by atoms with Gasteiger partial charge >= 0.3 is 0 Å². The first-order valence-corrected chi connectivity index (χ1v) is 12.2. The number of likely N-dealkylation sites (N-methyl/N-ethyl adjacent to an activating group) is 1. The molecule has 2 aliphatic heterocycles. The molecule has 1 N–H and O–H groups in total. The SMILES string of the molecule is CC(C)C[C@@H](C(=O)N1C[C@]2(C[C@H]1C#N)C(=O)Nc1ccccc12)N(C)C(=O)c1ccc(Cl)c(Cl)c1. The second-order valence-corrected chi connectivity index (χ2v) is 10.4. The monoisotopic (exact) mass is 512 g/mol. The Morgan fingerprint density at radius 3 is 2.60 bits per heavy atom. The third kappa shape index (κ3) is 4.37. The van der Waals surface area contributed by atoms with Crippen molar-refractivity contribution in [3.05, 3.63) is 63.6 Å². The number of halogens is 2. The molecule has 1 spiro atoms. The van der Waals surface area contributed by atoms with Crippen molar-refractivity contribution < 1.29 is 14.4 Å². The highest BCUT2D eigenvalue weighted by molar-refractivity contribution is 6.42. The molecule has 0 unspecified atom stereocenters. The van der Waals surface area contributed by atoms with Crippen molar-refractivity contribution in [2.45, 2.75) is 44.2 Å². The first kappa shape index (κ1) is 25.0. The number of anilines is 1. The fraction of sp³-hybridized carbons (Fsp3) is 0.385. The van der Waals surface area contributed by atoms with Crippen LogP contribution in [0.1, 0.15) is 42.6 Å². The topological polar surface area (TPSA) is 93.5 Å². The van der Waals surface area contributed by atoms with Crippen LogP contribution in [-0.4, -0.2) is 53.2 Å². The number of carbonyl (C=O) groups excluding carboxylic acids is 3. The summed E-state index contributed by atoms with van der Waals surface area (Å²) in [7, 11) is 1.57. The molecule has 3 amide bonds. The number of carbonyl (C=O) groups is 3. The predicted octanol–water partition coefficient (Wildman–Crippen LogP) is 4.49. The third-order valence-electron chi connectivity index (χ3n) is 6.85. The van der Waals surface area contributed by atoms with Crippen molar-refractivity contribution in [2.24, 2.45) is 5.92 Å². The third-order valence-corrected chi connectivity index (χ3v) is 7.59. The number of rotatable bonds is 5. The summed E-state index contributed by atoms with van der Waals surface area (Å²) in [6.07, 6.45) is 0.601. The van der Waals surface area contributed by atoms with Gasteiger partial charge in [0.1, 0.15) is 12.1 Å². The van der Waals surface area contributed by atoms with Crippen LogP contribution in [0.5, 0.6) is 0 Å². The highest BCUT2D eigenvalue weighted by Crippen LogP contribution is 2.46. The van der Waals surface area contributed by atoms with Gasteiger partial charge in [0.25, 0.3) is 5.91 Å². The zero-order chi connectivity index (χ0) is 25.5. The van der Waals surface area contributed by atoms with Gasteiger partial charge in [0.15, 0.2) is 0 Å². The Bertz CT molecular complexity index is 1240. The van der Waals surface area contributed by atoms with Gasteiger partial charge in [-0.3, -0.25) is 14.4 Å². The van der Waals surface area contributed by atoms with E-state index in [0.717, 1.165) is 5.56 Å². The van der Waals surface area contributed by atoms with E-state index in [1.807, 2.05) is 38.1 Å². The maximum Gasteiger partial charge on any atom is 0.254 e. The molecule has 2 aromatic rings. The molecule has 35 heavy (non-hydrogen) atoms. The fourth-order valence-corrected chi connectivity index (χ4v) is 5.32. The van der Waals surface area contributed by atoms with Crippen LogP contribution in [0.25, 0.3) is 0 Å². The van der Waals surface area contributed by atoms with Crippen LogP contribution in [-0.2, 0) is 15.0 Å². The van der Waals surface area contributed by atoms with Gasteiger partial charge in [-0.2, -0.15) is 5.26 Å². The lowest BCUT2D eigenvalue weighted by Crippen LogP contribution is -2.52. The normalized spacial score (nSPS) is 21.6. The Morgan fingerprint density at radius 2 is 1.94 bits per heavy atom. The molecule has 1 fully saturated rings. The average Bonchev–Trinajstić information content (AvgIpc) is 3.36. The molecule has 0 aliphatic carbocycles. The second-order valence-electron chi connectivity index (χ2n) is 9.59. The number of para-hydroxylation sites is 1. The number of hydrogen-bond donors (Lipinski definition) is 1.